The summed E-state index contributed by atoms with van der Waals surface area (Å²) in [6, 6.07) is 1.63. The third kappa shape index (κ3) is 2.76. The number of aromatic nitrogens is 1. The highest BCUT2D eigenvalue weighted by Gasteiger charge is 2.27. The van der Waals surface area contributed by atoms with E-state index in [1.807, 2.05) is 13.8 Å². The van der Waals surface area contributed by atoms with Crippen molar-refractivity contribution in [3.05, 3.63) is 29.0 Å². The van der Waals surface area contributed by atoms with Gasteiger partial charge in [0.25, 0.3) is 5.91 Å². The molecule has 1 saturated heterocycles. The average molecular weight is 255 g/mol. The van der Waals surface area contributed by atoms with Crippen molar-refractivity contribution in [2.45, 2.75) is 26.1 Å². The Morgan fingerprint density at radius 1 is 1.47 bits per heavy atom. The van der Waals surface area contributed by atoms with Gasteiger partial charge in [0.1, 0.15) is 0 Å². The number of pyridine rings is 1. The molecule has 1 aromatic rings. The number of morpholine rings is 1. The minimum absolute atomic E-state index is 0.0538. The van der Waals surface area contributed by atoms with E-state index < -0.39 is 0 Å². The molecule has 1 fully saturated rings. The van der Waals surface area contributed by atoms with Crippen molar-refractivity contribution in [1.82, 2.24) is 9.88 Å². The van der Waals surface area contributed by atoms with Crippen molar-refractivity contribution in [2.75, 3.05) is 13.1 Å². The van der Waals surface area contributed by atoms with E-state index in [9.17, 15) is 4.79 Å². The Kier molecular flexibility index (Phi) is 3.64. The molecule has 92 valence electrons. The second kappa shape index (κ2) is 5.02. The highest BCUT2D eigenvalue weighted by molar-refractivity contribution is 6.33. The molecule has 5 heteroatoms. The lowest BCUT2D eigenvalue weighted by atomic mass is 10.2. The van der Waals surface area contributed by atoms with E-state index in [1.165, 1.54) is 6.20 Å². The molecule has 0 spiro atoms. The molecule has 2 heterocycles. The van der Waals surface area contributed by atoms with Crippen LogP contribution in [0.4, 0.5) is 0 Å². The number of carbonyl (C=O) groups excluding carboxylic acids is 1. The zero-order chi connectivity index (χ0) is 12.4. The average Bonchev–Trinajstić information content (AvgIpc) is 2.27. The molecular formula is C12H15ClN2O2. The summed E-state index contributed by atoms with van der Waals surface area (Å²) in [5, 5.41) is 0.441. The molecule has 1 aliphatic heterocycles. The summed E-state index contributed by atoms with van der Waals surface area (Å²) < 4.78 is 5.59. The van der Waals surface area contributed by atoms with Gasteiger partial charge in [0.15, 0.2) is 0 Å². The number of hydrogen-bond acceptors (Lipinski definition) is 3. The Labute approximate surface area is 106 Å². The lowest BCUT2D eigenvalue weighted by Crippen LogP contribution is -2.48. The third-order valence-electron chi connectivity index (χ3n) is 2.71. The first kappa shape index (κ1) is 12.3. The zero-order valence-corrected chi connectivity index (χ0v) is 10.6. The van der Waals surface area contributed by atoms with Gasteiger partial charge in [-0.25, -0.2) is 0 Å². The Bertz CT molecular complexity index is 415. The Morgan fingerprint density at radius 2 is 2.12 bits per heavy atom. The monoisotopic (exact) mass is 254 g/mol. The third-order valence-corrected chi connectivity index (χ3v) is 3.03. The number of nitrogens with zero attached hydrogens (tertiary/aromatic N) is 2. The van der Waals surface area contributed by atoms with Gasteiger partial charge in [0.2, 0.25) is 0 Å². The van der Waals surface area contributed by atoms with Crippen molar-refractivity contribution in [3.63, 3.8) is 0 Å². The topological polar surface area (TPSA) is 42.4 Å². The van der Waals surface area contributed by atoms with E-state index in [0.29, 0.717) is 23.7 Å². The molecule has 0 aromatic carbocycles. The molecule has 2 atom stereocenters. The van der Waals surface area contributed by atoms with Gasteiger partial charge in [-0.3, -0.25) is 9.78 Å². The fourth-order valence-electron chi connectivity index (χ4n) is 2.05. The summed E-state index contributed by atoms with van der Waals surface area (Å²) in [4.78, 5) is 18.0. The van der Waals surface area contributed by atoms with Crippen LogP contribution in [0.15, 0.2) is 18.5 Å². The molecule has 0 radical (unpaired) electrons. The van der Waals surface area contributed by atoms with Crippen LogP contribution in [-0.4, -0.2) is 41.1 Å². The maximum atomic E-state index is 12.3. The van der Waals surface area contributed by atoms with E-state index in [2.05, 4.69) is 4.98 Å². The van der Waals surface area contributed by atoms with Crippen LogP contribution in [0.25, 0.3) is 0 Å². The summed E-state index contributed by atoms with van der Waals surface area (Å²) in [6.45, 7) is 5.10. The van der Waals surface area contributed by atoms with Crippen molar-refractivity contribution >= 4 is 17.5 Å². The predicted molar refractivity (Wildman–Crippen MR) is 65.2 cm³/mol. The largest absolute Gasteiger partial charge is 0.372 e. The minimum Gasteiger partial charge on any atom is -0.372 e. The molecule has 0 aliphatic carbocycles. The molecule has 0 unspecified atom stereocenters. The molecule has 17 heavy (non-hydrogen) atoms. The summed E-state index contributed by atoms with van der Waals surface area (Å²) in [6.07, 6.45) is 3.19. The maximum Gasteiger partial charge on any atom is 0.257 e. The summed E-state index contributed by atoms with van der Waals surface area (Å²) >= 11 is 5.99. The molecule has 1 aromatic heterocycles. The van der Waals surface area contributed by atoms with E-state index in [4.69, 9.17) is 16.3 Å². The molecule has 0 saturated carbocycles. The second-order valence-corrected chi connectivity index (χ2v) is 4.73. The Morgan fingerprint density at radius 3 is 2.71 bits per heavy atom. The first-order chi connectivity index (χ1) is 8.08. The van der Waals surface area contributed by atoms with Gasteiger partial charge >= 0.3 is 0 Å². The first-order valence-electron chi connectivity index (χ1n) is 5.62. The van der Waals surface area contributed by atoms with Gasteiger partial charge in [-0.15, -0.1) is 0 Å². The Hall–Kier alpha value is -1.13. The molecule has 1 aliphatic rings. The molecule has 1 amide bonds. The lowest BCUT2D eigenvalue weighted by molar-refractivity contribution is -0.0586. The molecule has 2 rings (SSSR count). The van der Waals surface area contributed by atoms with Crippen LogP contribution >= 0.6 is 11.6 Å². The second-order valence-electron chi connectivity index (χ2n) is 4.32. The fraction of sp³-hybridized carbons (Fsp3) is 0.500. The number of amides is 1. The Balaban J connectivity index is 2.17. The van der Waals surface area contributed by atoms with Crippen LogP contribution in [0.5, 0.6) is 0 Å². The van der Waals surface area contributed by atoms with E-state index in [0.717, 1.165) is 0 Å². The quantitative estimate of drug-likeness (QED) is 0.770. The van der Waals surface area contributed by atoms with Crippen LogP contribution in [0.2, 0.25) is 5.02 Å². The first-order valence-corrected chi connectivity index (χ1v) is 6.00. The number of hydrogen-bond donors (Lipinski definition) is 0. The van der Waals surface area contributed by atoms with Crippen LogP contribution in [0.1, 0.15) is 24.2 Å². The SMILES string of the molecule is C[C@@H]1CN(C(=O)c2cnccc2Cl)C[C@H](C)O1. The fourth-order valence-corrected chi connectivity index (χ4v) is 2.23. The zero-order valence-electron chi connectivity index (χ0n) is 9.89. The van der Waals surface area contributed by atoms with Crippen LogP contribution in [-0.2, 0) is 4.74 Å². The van der Waals surface area contributed by atoms with E-state index >= 15 is 0 Å². The van der Waals surface area contributed by atoms with Crippen LogP contribution in [0.3, 0.4) is 0 Å². The van der Waals surface area contributed by atoms with E-state index in [-0.39, 0.29) is 18.1 Å². The van der Waals surface area contributed by atoms with Crippen LogP contribution in [0, 0.1) is 0 Å². The number of carbonyl (C=O) groups is 1. The predicted octanol–water partition coefficient (Wildman–Crippen LogP) is 1.98. The van der Waals surface area contributed by atoms with Crippen molar-refractivity contribution in [1.29, 1.82) is 0 Å². The molecule has 4 nitrogen and oxygen atoms in total. The van der Waals surface area contributed by atoms with Gasteiger partial charge < -0.3 is 9.64 Å². The maximum absolute atomic E-state index is 12.3. The number of rotatable bonds is 1. The van der Waals surface area contributed by atoms with Crippen LogP contribution < -0.4 is 0 Å². The summed E-state index contributed by atoms with van der Waals surface area (Å²) in [7, 11) is 0. The standard InChI is InChI=1S/C12H15ClN2O2/c1-8-6-15(7-9(2)17-8)12(16)10-5-14-4-3-11(10)13/h3-5,8-9H,6-7H2,1-2H3/t8-,9+. The van der Waals surface area contributed by atoms with Gasteiger partial charge in [-0.2, -0.15) is 0 Å². The van der Waals surface area contributed by atoms with E-state index in [1.54, 1.807) is 17.2 Å². The molecular weight excluding hydrogens is 240 g/mol. The minimum atomic E-state index is -0.0786. The lowest BCUT2D eigenvalue weighted by Gasteiger charge is -2.35. The van der Waals surface area contributed by atoms with Crippen molar-refractivity contribution < 1.29 is 9.53 Å². The van der Waals surface area contributed by atoms with Gasteiger partial charge in [0.05, 0.1) is 22.8 Å². The number of halogens is 1. The number of ether oxygens (including phenoxy) is 1. The normalized spacial score (nSPS) is 24.8. The smallest absolute Gasteiger partial charge is 0.257 e. The highest BCUT2D eigenvalue weighted by Crippen LogP contribution is 2.19. The van der Waals surface area contributed by atoms with Crippen molar-refractivity contribution in [2.24, 2.45) is 0 Å². The van der Waals surface area contributed by atoms with Crippen molar-refractivity contribution in [3.8, 4) is 0 Å². The molecule has 0 N–H and O–H groups in total. The summed E-state index contributed by atoms with van der Waals surface area (Å²) in [5.74, 6) is -0.0786. The molecule has 0 bridgehead atoms. The van der Waals surface area contributed by atoms with Gasteiger partial charge in [-0.1, -0.05) is 11.6 Å². The summed E-state index contributed by atoms with van der Waals surface area (Å²) in [5.41, 5.74) is 0.454. The van der Waals surface area contributed by atoms with Gasteiger partial charge in [0, 0.05) is 25.5 Å². The van der Waals surface area contributed by atoms with Gasteiger partial charge in [-0.05, 0) is 19.9 Å². The highest BCUT2D eigenvalue weighted by atomic mass is 35.5.